The first-order valence-corrected chi connectivity index (χ1v) is 5.06. The fraction of sp³-hybridized carbons (Fsp3) is 0.333. The Labute approximate surface area is 94.8 Å². The maximum absolute atomic E-state index is 8.91. The second-order valence-corrected chi connectivity index (χ2v) is 3.61. The van der Waals surface area contributed by atoms with Gasteiger partial charge in [0.25, 0.3) is 0 Å². The quantitative estimate of drug-likeness (QED) is 0.629. The minimum absolute atomic E-state index is 0.315. The van der Waals surface area contributed by atoms with Crippen LogP contribution in [0.2, 0.25) is 5.02 Å². The van der Waals surface area contributed by atoms with Crippen LogP contribution in [0.4, 0.5) is 0 Å². The summed E-state index contributed by atoms with van der Waals surface area (Å²) < 4.78 is 5.09. The van der Waals surface area contributed by atoms with Crippen LogP contribution >= 0.6 is 11.6 Å². The van der Waals surface area contributed by atoms with Gasteiger partial charge in [0.05, 0.1) is 12.7 Å². The third kappa shape index (κ3) is 5.44. The van der Waals surface area contributed by atoms with E-state index in [1.54, 1.807) is 19.1 Å². The van der Waals surface area contributed by atoms with Gasteiger partial charge in [-0.15, -0.1) is 0 Å². The van der Waals surface area contributed by atoms with Crippen LogP contribution in [-0.4, -0.2) is 24.4 Å². The van der Waals surface area contributed by atoms with Crippen LogP contribution in [0.15, 0.2) is 24.3 Å². The highest BCUT2D eigenvalue weighted by atomic mass is 35.5. The second kappa shape index (κ2) is 6.47. The van der Waals surface area contributed by atoms with Crippen molar-refractivity contribution in [2.24, 2.45) is 0 Å². The first kappa shape index (κ1) is 12.1. The van der Waals surface area contributed by atoms with Crippen molar-refractivity contribution in [3.8, 4) is 11.8 Å². The van der Waals surface area contributed by atoms with E-state index in [0.29, 0.717) is 18.2 Å². The van der Waals surface area contributed by atoms with Gasteiger partial charge in [0.1, 0.15) is 6.61 Å². The molecule has 80 valence electrons. The molecule has 0 radical (unpaired) electrons. The van der Waals surface area contributed by atoms with Gasteiger partial charge in [-0.1, -0.05) is 23.4 Å². The monoisotopic (exact) mass is 224 g/mol. The fourth-order valence-electron chi connectivity index (χ4n) is 0.952. The Kier molecular flexibility index (Phi) is 5.20. The molecule has 2 nitrogen and oxygen atoms in total. The Morgan fingerprint density at radius 3 is 2.67 bits per heavy atom. The molecule has 0 bridgehead atoms. The number of aliphatic hydroxyl groups is 1. The summed E-state index contributed by atoms with van der Waals surface area (Å²) in [4.78, 5) is 0. The summed E-state index contributed by atoms with van der Waals surface area (Å²) in [6.07, 6.45) is -0.442. The number of rotatable bonds is 3. The van der Waals surface area contributed by atoms with Crippen molar-refractivity contribution in [2.45, 2.75) is 13.0 Å². The van der Waals surface area contributed by atoms with Gasteiger partial charge in [-0.05, 0) is 31.2 Å². The molecule has 0 aliphatic heterocycles. The molecule has 1 aromatic carbocycles. The van der Waals surface area contributed by atoms with E-state index < -0.39 is 6.10 Å². The Bertz CT molecular complexity index is 346. The number of ether oxygens (including phenoxy) is 1. The largest absolute Gasteiger partial charge is 0.391 e. The highest BCUT2D eigenvalue weighted by molar-refractivity contribution is 6.30. The molecule has 1 aromatic rings. The third-order valence-electron chi connectivity index (χ3n) is 1.61. The predicted octanol–water partition coefficient (Wildman–Crippen LogP) is 2.09. The van der Waals surface area contributed by atoms with E-state index in [1.807, 2.05) is 12.1 Å². The minimum Gasteiger partial charge on any atom is -0.391 e. The molecular weight excluding hydrogens is 212 g/mol. The van der Waals surface area contributed by atoms with Crippen LogP contribution in [0.3, 0.4) is 0 Å². The van der Waals surface area contributed by atoms with Crippen molar-refractivity contribution in [3.05, 3.63) is 34.9 Å². The van der Waals surface area contributed by atoms with Gasteiger partial charge >= 0.3 is 0 Å². The van der Waals surface area contributed by atoms with Gasteiger partial charge < -0.3 is 9.84 Å². The van der Waals surface area contributed by atoms with Gasteiger partial charge in [0.2, 0.25) is 0 Å². The number of hydrogen-bond acceptors (Lipinski definition) is 2. The van der Waals surface area contributed by atoms with Crippen LogP contribution in [0.5, 0.6) is 0 Å². The molecule has 0 aliphatic rings. The van der Waals surface area contributed by atoms with Crippen molar-refractivity contribution in [1.29, 1.82) is 0 Å². The molecule has 0 aliphatic carbocycles. The van der Waals surface area contributed by atoms with E-state index in [2.05, 4.69) is 11.8 Å². The highest BCUT2D eigenvalue weighted by Gasteiger charge is 1.92. The van der Waals surface area contributed by atoms with E-state index in [0.717, 1.165) is 5.56 Å². The fourth-order valence-corrected chi connectivity index (χ4v) is 1.08. The van der Waals surface area contributed by atoms with Crippen LogP contribution in [0, 0.1) is 11.8 Å². The van der Waals surface area contributed by atoms with Crippen molar-refractivity contribution >= 4 is 11.6 Å². The summed E-state index contributed by atoms with van der Waals surface area (Å²) in [6, 6.07) is 7.29. The molecule has 0 saturated heterocycles. The van der Waals surface area contributed by atoms with E-state index in [1.165, 1.54) is 0 Å². The first-order chi connectivity index (χ1) is 7.18. The summed E-state index contributed by atoms with van der Waals surface area (Å²) >= 11 is 5.73. The molecule has 0 fully saturated rings. The lowest BCUT2D eigenvalue weighted by molar-refractivity contribution is 0.0621. The molecular formula is C12H13ClO2. The number of halogens is 1. The molecule has 0 aromatic heterocycles. The van der Waals surface area contributed by atoms with Crippen LogP contribution in [0.25, 0.3) is 0 Å². The van der Waals surface area contributed by atoms with E-state index in [9.17, 15) is 0 Å². The van der Waals surface area contributed by atoms with E-state index >= 15 is 0 Å². The predicted molar refractivity (Wildman–Crippen MR) is 60.8 cm³/mol. The summed E-state index contributed by atoms with van der Waals surface area (Å²) in [6.45, 7) is 2.31. The SMILES string of the molecule is CC(O)COCC#Cc1ccc(Cl)cc1. The zero-order valence-electron chi connectivity index (χ0n) is 8.53. The third-order valence-corrected chi connectivity index (χ3v) is 1.86. The Balaban J connectivity index is 2.35. The van der Waals surface area contributed by atoms with Crippen molar-refractivity contribution in [3.63, 3.8) is 0 Å². The molecule has 0 amide bonds. The highest BCUT2D eigenvalue weighted by Crippen LogP contribution is 2.08. The normalized spacial score (nSPS) is 11.7. The first-order valence-electron chi connectivity index (χ1n) is 4.69. The average molecular weight is 225 g/mol. The Hall–Kier alpha value is -1.01. The van der Waals surface area contributed by atoms with E-state index in [-0.39, 0.29) is 0 Å². The summed E-state index contributed by atoms with van der Waals surface area (Å²) in [5, 5.41) is 9.61. The molecule has 1 N–H and O–H groups in total. The average Bonchev–Trinajstić information content (AvgIpc) is 2.20. The van der Waals surface area contributed by atoms with Crippen molar-refractivity contribution in [1.82, 2.24) is 0 Å². The molecule has 15 heavy (non-hydrogen) atoms. The van der Waals surface area contributed by atoms with Crippen LogP contribution in [0.1, 0.15) is 12.5 Å². The zero-order valence-corrected chi connectivity index (χ0v) is 9.29. The topological polar surface area (TPSA) is 29.5 Å². The number of aliphatic hydroxyl groups excluding tert-OH is 1. The molecule has 0 heterocycles. The van der Waals surface area contributed by atoms with Gasteiger partial charge in [-0.25, -0.2) is 0 Å². The lowest BCUT2D eigenvalue weighted by Gasteiger charge is -2.01. The summed E-state index contributed by atoms with van der Waals surface area (Å²) in [7, 11) is 0. The van der Waals surface area contributed by atoms with Crippen molar-refractivity contribution in [2.75, 3.05) is 13.2 Å². The Morgan fingerprint density at radius 1 is 1.40 bits per heavy atom. The number of benzene rings is 1. The molecule has 0 saturated carbocycles. The van der Waals surface area contributed by atoms with Gasteiger partial charge in [0, 0.05) is 10.6 Å². The lowest BCUT2D eigenvalue weighted by atomic mass is 10.2. The zero-order chi connectivity index (χ0) is 11.1. The molecule has 1 atom stereocenters. The van der Waals surface area contributed by atoms with Crippen LogP contribution in [-0.2, 0) is 4.74 Å². The molecule has 1 rings (SSSR count). The second-order valence-electron chi connectivity index (χ2n) is 3.17. The van der Waals surface area contributed by atoms with Gasteiger partial charge in [-0.2, -0.15) is 0 Å². The minimum atomic E-state index is -0.442. The standard InChI is InChI=1S/C12H13ClO2/c1-10(14)9-15-8-2-3-11-4-6-12(13)7-5-11/h4-7,10,14H,8-9H2,1H3. The smallest absolute Gasteiger partial charge is 0.108 e. The number of hydrogen-bond donors (Lipinski definition) is 1. The Morgan fingerprint density at radius 2 is 2.07 bits per heavy atom. The lowest BCUT2D eigenvalue weighted by Crippen LogP contribution is -2.10. The maximum atomic E-state index is 8.91. The summed E-state index contributed by atoms with van der Waals surface area (Å²) in [5.74, 6) is 5.78. The van der Waals surface area contributed by atoms with E-state index in [4.69, 9.17) is 21.4 Å². The van der Waals surface area contributed by atoms with Crippen molar-refractivity contribution < 1.29 is 9.84 Å². The van der Waals surface area contributed by atoms with Gasteiger partial charge in [0.15, 0.2) is 0 Å². The molecule has 3 heteroatoms. The van der Waals surface area contributed by atoms with Crippen LogP contribution < -0.4 is 0 Å². The van der Waals surface area contributed by atoms with Gasteiger partial charge in [-0.3, -0.25) is 0 Å². The molecule has 0 spiro atoms. The molecule has 1 unspecified atom stereocenters. The summed E-state index contributed by atoms with van der Waals surface area (Å²) in [5.41, 5.74) is 0.903. The maximum Gasteiger partial charge on any atom is 0.108 e.